The first-order valence-corrected chi connectivity index (χ1v) is 6.57. The summed E-state index contributed by atoms with van der Waals surface area (Å²) >= 11 is 2.21. The molecular formula is C14H12F2IN. The van der Waals surface area contributed by atoms with Crippen LogP contribution in [-0.2, 0) is 0 Å². The Morgan fingerprint density at radius 3 is 2.28 bits per heavy atom. The molecular weight excluding hydrogens is 347 g/mol. The van der Waals surface area contributed by atoms with Gasteiger partial charge in [0, 0.05) is 15.2 Å². The molecule has 1 unspecified atom stereocenters. The van der Waals surface area contributed by atoms with Crippen molar-refractivity contribution in [2.75, 3.05) is 7.05 Å². The monoisotopic (exact) mass is 359 g/mol. The van der Waals surface area contributed by atoms with E-state index in [-0.39, 0.29) is 6.04 Å². The molecule has 1 N–H and O–H groups in total. The molecule has 2 aromatic carbocycles. The molecule has 94 valence electrons. The van der Waals surface area contributed by atoms with Gasteiger partial charge in [-0.15, -0.1) is 0 Å². The van der Waals surface area contributed by atoms with Gasteiger partial charge in [-0.05, 0) is 53.4 Å². The highest BCUT2D eigenvalue weighted by Crippen LogP contribution is 2.25. The second-order valence-corrected chi connectivity index (χ2v) is 5.18. The highest BCUT2D eigenvalue weighted by molar-refractivity contribution is 14.1. The van der Waals surface area contributed by atoms with Crippen molar-refractivity contribution in [3.05, 3.63) is 68.8 Å². The first kappa shape index (κ1) is 13.4. The molecule has 0 aliphatic heterocycles. The third-order valence-corrected chi connectivity index (χ3v) is 3.48. The van der Waals surface area contributed by atoms with Crippen LogP contribution in [0.3, 0.4) is 0 Å². The van der Waals surface area contributed by atoms with Gasteiger partial charge in [0.2, 0.25) is 0 Å². The van der Waals surface area contributed by atoms with Gasteiger partial charge in [-0.3, -0.25) is 0 Å². The maximum Gasteiger partial charge on any atom is 0.131 e. The van der Waals surface area contributed by atoms with Crippen molar-refractivity contribution in [3.63, 3.8) is 0 Å². The summed E-state index contributed by atoms with van der Waals surface area (Å²) in [7, 11) is 1.76. The Morgan fingerprint density at radius 1 is 1.06 bits per heavy atom. The molecule has 18 heavy (non-hydrogen) atoms. The summed E-state index contributed by atoms with van der Waals surface area (Å²) in [5, 5.41) is 3.05. The van der Waals surface area contributed by atoms with Gasteiger partial charge < -0.3 is 5.32 Å². The first-order chi connectivity index (χ1) is 8.61. The van der Waals surface area contributed by atoms with Gasteiger partial charge in [-0.25, -0.2) is 8.78 Å². The summed E-state index contributed by atoms with van der Waals surface area (Å²) in [6.07, 6.45) is 0. The molecule has 2 rings (SSSR count). The van der Waals surface area contributed by atoms with Crippen LogP contribution in [0.4, 0.5) is 8.78 Å². The molecule has 0 amide bonds. The number of rotatable bonds is 3. The van der Waals surface area contributed by atoms with Crippen molar-refractivity contribution in [3.8, 4) is 0 Å². The topological polar surface area (TPSA) is 12.0 Å². The Hall–Kier alpha value is -1.01. The minimum Gasteiger partial charge on any atom is -0.309 e. The lowest BCUT2D eigenvalue weighted by atomic mass is 9.98. The highest BCUT2D eigenvalue weighted by atomic mass is 127. The summed E-state index contributed by atoms with van der Waals surface area (Å²) in [4.78, 5) is 0. The Kier molecular flexibility index (Phi) is 4.29. The van der Waals surface area contributed by atoms with Gasteiger partial charge in [0.15, 0.2) is 0 Å². The first-order valence-electron chi connectivity index (χ1n) is 5.49. The van der Waals surface area contributed by atoms with Crippen LogP contribution in [0.5, 0.6) is 0 Å². The molecule has 0 radical (unpaired) electrons. The molecule has 0 aromatic heterocycles. The minimum absolute atomic E-state index is 0.275. The fourth-order valence-electron chi connectivity index (χ4n) is 1.89. The number of hydrogen-bond donors (Lipinski definition) is 1. The molecule has 1 atom stereocenters. The molecule has 0 bridgehead atoms. The van der Waals surface area contributed by atoms with E-state index < -0.39 is 11.6 Å². The SMILES string of the molecule is CNC(c1ccc(I)cc1)c1ccc(F)cc1F. The molecule has 1 nitrogen and oxygen atoms in total. The molecule has 0 aliphatic carbocycles. The lowest BCUT2D eigenvalue weighted by Crippen LogP contribution is -2.19. The highest BCUT2D eigenvalue weighted by Gasteiger charge is 2.16. The fraction of sp³-hybridized carbons (Fsp3) is 0.143. The van der Waals surface area contributed by atoms with Crippen LogP contribution in [0, 0.1) is 15.2 Å². The normalized spacial score (nSPS) is 12.4. The van der Waals surface area contributed by atoms with Crippen LogP contribution in [0.1, 0.15) is 17.2 Å². The van der Waals surface area contributed by atoms with E-state index in [1.807, 2.05) is 24.3 Å². The van der Waals surface area contributed by atoms with Gasteiger partial charge in [0.1, 0.15) is 11.6 Å². The third-order valence-electron chi connectivity index (χ3n) is 2.77. The van der Waals surface area contributed by atoms with E-state index in [1.165, 1.54) is 12.1 Å². The lowest BCUT2D eigenvalue weighted by molar-refractivity contribution is 0.552. The van der Waals surface area contributed by atoms with Crippen LogP contribution in [0.15, 0.2) is 42.5 Å². The summed E-state index contributed by atoms with van der Waals surface area (Å²) in [6.45, 7) is 0. The van der Waals surface area contributed by atoms with Crippen LogP contribution in [0.2, 0.25) is 0 Å². The van der Waals surface area contributed by atoms with Gasteiger partial charge in [-0.2, -0.15) is 0 Å². The maximum absolute atomic E-state index is 13.8. The van der Waals surface area contributed by atoms with E-state index >= 15 is 0 Å². The largest absolute Gasteiger partial charge is 0.309 e. The van der Waals surface area contributed by atoms with Crippen molar-refractivity contribution in [2.45, 2.75) is 6.04 Å². The second-order valence-electron chi connectivity index (χ2n) is 3.94. The average Bonchev–Trinajstić information content (AvgIpc) is 2.35. The summed E-state index contributed by atoms with van der Waals surface area (Å²) in [6, 6.07) is 11.2. The van der Waals surface area contributed by atoms with Crippen molar-refractivity contribution in [1.29, 1.82) is 0 Å². The van der Waals surface area contributed by atoms with E-state index in [9.17, 15) is 8.78 Å². The molecule has 0 aliphatic rings. The molecule has 4 heteroatoms. The number of nitrogens with one attached hydrogen (secondary N) is 1. The zero-order valence-electron chi connectivity index (χ0n) is 9.75. The van der Waals surface area contributed by atoms with Crippen LogP contribution in [0.25, 0.3) is 0 Å². The van der Waals surface area contributed by atoms with Gasteiger partial charge >= 0.3 is 0 Å². The average molecular weight is 359 g/mol. The number of halogens is 3. The molecule has 0 spiro atoms. The summed E-state index contributed by atoms with van der Waals surface area (Å²) < 4.78 is 27.8. The van der Waals surface area contributed by atoms with Crippen molar-refractivity contribution >= 4 is 22.6 Å². The Morgan fingerprint density at radius 2 is 1.72 bits per heavy atom. The van der Waals surface area contributed by atoms with Crippen LogP contribution in [-0.4, -0.2) is 7.05 Å². The lowest BCUT2D eigenvalue weighted by Gasteiger charge is -2.18. The van der Waals surface area contributed by atoms with Crippen molar-refractivity contribution in [2.24, 2.45) is 0 Å². The third kappa shape index (κ3) is 2.87. The molecule has 2 aromatic rings. The van der Waals surface area contributed by atoms with E-state index in [0.29, 0.717) is 5.56 Å². The Bertz CT molecular complexity index is 540. The van der Waals surface area contributed by atoms with Gasteiger partial charge in [0.05, 0.1) is 6.04 Å². The summed E-state index contributed by atoms with van der Waals surface area (Å²) in [5.41, 5.74) is 1.39. The Labute approximate surface area is 118 Å². The predicted octanol–water partition coefficient (Wildman–Crippen LogP) is 3.88. The van der Waals surface area contributed by atoms with Crippen LogP contribution >= 0.6 is 22.6 Å². The summed E-state index contributed by atoms with van der Waals surface area (Å²) in [5.74, 6) is -1.10. The van der Waals surface area contributed by atoms with E-state index in [0.717, 1.165) is 15.2 Å². The standard InChI is InChI=1S/C14H12F2IN/c1-18-14(9-2-5-11(17)6-3-9)12-7-4-10(15)8-13(12)16/h2-8,14,18H,1H3. The smallest absolute Gasteiger partial charge is 0.131 e. The van der Waals surface area contributed by atoms with E-state index in [1.54, 1.807) is 7.05 Å². The van der Waals surface area contributed by atoms with E-state index in [2.05, 4.69) is 27.9 Å². The molecule has 0 saturated carbocycles. The van der Waals surface area contributed by atoms with Gasteiger partial charge in [-0.1, -0.05) is 18.2 Å². The predicted molar refractivity (Wildman–Crippen MR) is 76.4 cm³/mol. The zero-order chi connectivity index (χ0) is 13.1. The maximum atomic E-state index is 13.8. The number of benzene rings is 2. The minimum atomic E-state index is -0.561. The molecule has 0 fully saturated rings. The molecule has 0 saturated heterocycles. The van der Waals surface area contributed by atoms with Gasteiger partial charge in [0.25, 0.3) is 0 Å². The fourth-order valence-corrected chi connectivity index (χ4v) is 2.25. The van der Waals surface area contributed by atoms with Crippen molar-refractivity contribution in [1.82, 2.24) is 5.32 Å². The van der Waals surface area contributed by atoms with Crippen LogP contribution < -0.4 is 5.32 Å². The van der Waals surface area contributed by atoms with Crippen molar-refractivity contribution < 1.29 is 8.78 Å². The molecule has 0 heterocycles. The quantitative estimate of drug-likeness (QED) is 0.821. The Balaban J connectivity index is 2.41. The van der Waals surface area contributed by atoms with E-state index in [4.69, 9.17) is 0 Å². The second kappa shape index (κ2) is 5.75. The number of hydrogen-bond acceptors (Lipinski definition) is 1. The zero-order valence-corrected chi connectivity index (χ0v) is 11.9.